The topological polar surface area (TPSA) is 86.6 Å². The number of aliphatic carboxylic acids is 1. The van der Waals surface area contributed by atoms with Crippen LogP contribution in [0.5, 0.6) is 0 Å². The van der Waals surface area contributed by atoms with Gasteiger partial charge in [0.1, 0.15) is 0 Å². The average molecular weight is 215 g/mol. The molecule has 0 saturated heterocycles. The summed E-state index contributed by atoms with van der Waals surface area (Å²) in [6.07, 6.45) is 0.497. The van der Waals surface area contributed by atoms with Crippen molar-refractivity contribution in [3.05, 3.63) is 0 Å². The summed E-state index contributed by atoms with van der Waals surface area (Å²) in [7, 11) is 0. The van der Waals surface area contributed by atoms with E-state index in [2.05, 4.69) is 5.32 Å². The van der Waals surface area contributed by atoms with E-state index in [0.717, 1.165) is 0 Å². The Morgan fingerprint density at radius 1 is 1.33 bits per heavy atom. The largest absolute Gasteiger partial charge is 0.481 e. The van der Waals surface area contributed by atoms with Crippen LogP contribution in [0.15, 0.2) is 0 Å². The van der Waals surface area contributed by atoms with E-state index in [-0.39, 0.29) is 12.5 Å². The van der Waals surface area contributed by atoms with E-state index >= 15 is 0 Å². The number of amides is 1. The Balaban J connectivity index is 2.45. The van der Waals surface area contributed by atoms with E-state index in [4.69, 9.17) is 10.2 Å². The Kier molecular flexibility index (Phi) is 3.34. The molecular weight excluding hydrogens is 198 g/mol. The van der Waals surface area contributed by atoms with Gasteiger partial charge in [0, 0.05) is 13.2 Å². The van der Waals surface area contributed by atoms with Crippen molar-refractivity contribution in [3.8, 4) is 0 Å². The van der Waals surface area contributed by atoms with E-state index in [1.165, 1.54) is 0 Å². The van der Waals surface area contributed by atoms with Crippen LogP contribution in [0.1, 0.15) is 20.3 Å². The summed E-state index contributed by atoms with van der Waals surface area (Å²) in [4.78, 5) is 22.4. The molecule has 1 saturated carbocycles. The first-order valence-corrected chi connectivity index (χ1v) is 5.04. The number of hydrogen-bond donors (Lipinski definition) is 3. The van der Waals surface area contributed by atoms with E-state index in [1.807, 2.05) is 0 Å². The fraction of sp³-hybridized carbons (Fsp3) is 0.800. The van der Waals surface area contributed by atoms with Crippen molar-refractivity contribution >= 4 is 11.9 Å². The molecule has 86 valence electrons. The minimum atomic E-state index is -0.915. The second-order valence-electron chi connectivity index (χ2n) is 4.48. The van der Waals surface area contributed by atoms with Crippen LogP contribution < -0.4 is 5.32 Å². The first kappa shape index (κ1) is 12.0. The van der Waals surface area contributed by atoms with Gasteiger partial charge in [-0.3, -0.25) is 9.59 Å². The van der Waals surface area contributed by atoms with Crippen LogP contribution in [0.25, 0.3) is 0 Å². The maximum Gasteiger partial charge on any atom is 0.307 e. The van der Waals surface area contributed by atoms with E-state index in [9.17, 15) is 9.59 Å². The van der Waals surface area contributed by atoms with Gasteiger partial charge in [-0.25, -0.2) is 0 Å². The molecule has 5 heteroatoms. The summed E-state index contributed by atoms with van der Waals surface area (Å²) < 4.78 is 0. The van der Waals surface area contributed by atoms with Crippen LogP contribution in [0.3, 0.4) is 0 Å². The second kappa shape index (κ2) is 4.18. The van der Waals surface area contributed by atoms with Crippen LogP contribution in [0, 0.1) is 17.3 Å². The lowest BCUT2D eigenvalue weighted by molar-refractivity contribution is -0.140. The van der Waals surface area contributed by atoms with Gasteiger partial charge in [0.15, 0.2) is 0 Å². The number of carboxylic acids is 1. The molecule has 0 spiro atoms. The van der Waals surface area contributed by atoms with Gasteiger partial charge in [0.2, 0.25) is 5.91 Å². The molecule has 0 unspecified atom stereocenters. The fourth-order valence-corrected chi connectivity index (χ4v) is 1.99. The molecule has 1 amide bonds. The number of carbonyl (C=O) groups is 2. The lowest BCUT2D eigenvalue weighted by atomic mass is 10.1. The summed E-state index contributed by atoms with van der Waals surface area (Å²) in [6.45, 7) is 3.98. The standard InChI is InChI=1S/C10H17NO4/c1-10(2)6(7(10)9(14)15)8(13)11-4-3-5-12/h6-7,12H,3-5H2,1-2H3,(H,11,13)(H,14,15)/t6-,7+/m1/s1. The molecule has 3 N–H and O–H groups in total. The van der Waals surface area contributed by atoms with Gasteiger partial charge >= 0.3 is 5.97 Å². The van der Waals surface area contributed by atoms with Crippen molar-refractivity contribution in [2.24, 2.45) is 17.3 Å². The van der Waals surface area contributed by atoms with Crippen LogP contribution in [-0.4, -0.2) is 35.2 Å². The molecule has 0 aromatic carbocycles. The molecule has 1 aliphatic rings. The monoisotopic (exact) mass is 215 g/mol. The minimum absolute atomic E-state index is 0.0245. The Morgan fingerprint density at radius 3 is 2.33 bits per heavy atom. The minimum Gasteiger partial charge on any atom is -0.481 e. The molecule has 1 rings (SSSR count). The third kappa shape index (κ3) is 2.28. The van der Waals surface area contributed by atoms with Crippen molar-refractivity contribution < 1.29 is 19.8 Å². The molecule has 0 heterocycles. The Labute approximate surface area is 88.5 Å². The van der Waals surface area contributed by atoms with Crippen molar-refractivity contribution in [2.75, 3.05) is 13.2 Å². The third-order valence-electron chi connectivity index (χ3n) is 3.01. The zero-order valence-electron chi connectivity index (χ0n) is 8.99. The maximum atomic E-state index is 11.6. The van der Waals surface area contributed by atoms with Crippen molar-refractivity contribution in [1.82, 2.24) is 5.32 Å². The summed E-state index contributed by atoms with van der Waals surface area (Å²) >= 11 is 0. The first-order valence-electron chi connectivity index (χ1n) is 5.04. The van der Waals surface area contributed by atoms with Crippen molar-refractivity contribution in [1.29, 1.82) is 0 Å². The fourth-order valence-electron chi connectivity index (χ4n) is 1.99. The Bertz CT molecular complexity index is 275. The molecule has 2 atom stereocenters. The zero-order chi connectivity index (χ0) is 11.6. The highest BCUT2D eigenvalue weighted by Gasteiger charge is 2.65. The average Bonchev–Trinajstić information content (AvgIpc) is 2.69. The predicted molar refractivity (Wildman–Crippen MR) is 53.1 cm³/mol. The van der Waals surface area contributed by atoms with Crippen molar-refractivity contribution in [2.45, 2.75) is 20.3 Å². The number of aliphatic hydroxyl groups excluding tert-OH is 1. The first-order chi connectivity index (χ1) is 6.92. The van der Waals surface area contributed by atoms with E-state index in [0.29, 0.717) is 13.0 Å². The Morgan fingerprint density at radius 2 is 1.93 bits per heavy atom. The SMILES string of the molecule is CC1(C)[C@H](C(=O)O)[C@@H]1C(=O)NCCCO. The van der Waals surface area contributed by atoms with Crippen LogP contribution >= 0.6 is 0 Å². The molecule has 0 bridgehead atoms. The van der Waals surface area contributed by atoms with Crippen molar-refractivity contribution in [3.63, 3.8) is 0 Å². The van der Waals surface area contributed by atoms with E-state index < -0.39 is 23.2 Å². The summed E-state index contributed by atoms with van der Waals surface area (Å²) in [5.41, 5.74) is -0.449. The Hall–Kier alpha value is -1.10. The highest BCUT2D eigenvalue weighted by Crippen LogP contribution is 2.58. The number of carbonyl (C=O) groups excluding carboxylic acids is 1. The quantitative estimate of drug-likeness (QED) is 0.556. The number of hydrogen-bond acceptors (Lipinski definition) is 3. The maximum absolute atomic E-state index is 11.6. The highest BCUT2D eigenvalue weighted by atomic mass is 16.4. The van der Waals surface area contributed by atoms with E-state index in [1.54, 1.807) is 13.8 Å². The molecule has 0 aliphatic heterocycles. The number of carboxylic acid groups (broad SMARTS) is 1. The van der Waals surface area contributed by atoms with Gasteiger partial charge in [-0.1, -0.05) is 13.8 Å². The number of rotatable bonds is 5. The lowest BCUT2D eigenvalue weighted by Crippen LogP contribution is -2.28. The molecular formula is C10H17NO4. The van der Waals surface area contributed by atoms with Gasteiger partial charge in [-0.15, -0.1) is 0 Å². The van der Waals surface area contributed by atoms with Gasteiger partial charge in [0.05, 0.1) is 11.8 Å². The molecule has 0 aromatic rings. The molecule has 0 radical (unpaired) electrons. The zero-order valence-corrected chi connectivity index (χ0v) is 8.99. The van der Waals surface area contributed by atoms with Gasteiger partial charge < -0.3 is 15.5 Å². The summed E-state index contributed by atoms with van der Waals surface area (Å²) in [5, 5.41) is 20.0. The molecule has 1 fully saturated rings. The number of aliphatic hydroxyl groups is 1. The number of nitrogens with one attached hydrogen (secondary N) is 1. The predicted octanol–water partition coefficient (Wildman–Crippen LogP) is -0.158. The van der Waals surface area contributed by atoms with Crippen LogP contribution in [-0.2, 0) is 9.59 Å². The molecule has 0 aromatic heterocycles. The van der Waals surface area contributed by atoms with Crippen LogP contribution in [0.4, 0.5) is 0 Å². The molecule has 15 heavy (non-hydrogen) atoms. The second-order valence-corrected chi connectivity index (χ2v) is 4.48. The lowest BCUT2D eigenvalue weighted by Gasteiger charge is -2.04. The smallest absolute Gasteiger partial charge is 0.307 e. The normalized spacial score (nSPS) is 27.1. The third-order valence-corrected chi connectivity index (χ3v) is 3.01. The molecule has 1 aliphatic carbocycles. The summed E-state index contributed by atoms with van der Waals surface area (Å²) in [6, 6.07) is 0. The highest BCUT2D eigenvalue weighted by molar-refractivity contribution is 5.91. The van der Waals surface area contributed by atoms with Gasteiger partial charge in [0.25, 0.3) is 0 Å². The van der Waals surface area contributed by atoms with Gasteiger partial charge in [-0.05, 0) is 11.8 Å². The molecule has 5 nitrogen and oxygen atoms in total. The van der Waals surface area contributed by atoms with Crippen LogP contribution in [0.2, 0.25) is 0 Å². The van der Waals surface area contributed by atoms with Gasteiger partial charge in [-0.2, -0.15) is 0 Å². The summed E-state index contributed by atoms with van der Waals surface area (Å²) in [5.74, 6) is -2.15.